The van der Waals surface area contributed by atoms with E-state index in [2.05, 4.69) is 42.2 Å². The van der Waals surface area contributed by atoms with Gasteiger partial charge >= 0.3 is 0 Å². The largest absolute Gasteiger partial charge is 0.372 e. The number of nitrogens with zero attached hydrogens (tertiary/aromatic N) is 1. The lowest BCUT2D eigenvalue weighted by Gasteiger charge is -2.03. The van der Waals surface area contributed by atoms with Crippen LogP contribution in [0.5, 0.6) is 0 Å². The van der Waals surface area contributed by atoms with Crippen molar-refractivity contribution in [2.45, 2.75) is 0 Å². The molecule has 0 fully saturated rings. The van der Waals surface area contributed by atoms with Gasteiger partial charge in [-0.05, 0) is 37.9 Å². The number of hydrogen-bond donors (Lipinski definition) is 1. The molecule has 1 heterocycles. The second-order valence-electron chi connectivity index (χ2n) is 1.84. The molecular formula is C6H5Br2ClN2. The van der Waals surface area contributed by atoms with E-state index in [-0.39, 0.29) is 0 Å². The fourth-order valence-corrected chi connectivity index (χ4v) is 1.90. The van der Waals surface area contributed by atoms with Crippen molar-refractivity contribution in [1.29, 1.82) is 0 Å². The molecule has 1 N–H and O–H groups in total. The van der Waals surface area contributed by atoms with Crippen LogP contribution >= 0.6 is 43.5 Å². The number of hydrogen-bond acceptors (Lipinski definition) is 2. The van der Waals surface area contributed by atoms with E-state index in [1.54, 1.807) is 7.05 Å². The summed E-state index contributed by atoms with van der Waals surface area (Å²) in [6.07, 6.45) is 0. The van der Waals surface area contributed by atoms with E-state index >= 15 is 0 Å². The maximum atomic E-state index is 5.75. The smallest absolute Gasteiger partial charge is 0.145 e. The molecular weight excluding hydrogens is 295 g/mol. The molecule has 1 rings (SSSR count). The first-order chi connectivity index (χ1) is 5.15. The highest BCUT2D eigenvalue weighted by atomic mass is 79.9. The van der Waals surface area contributed by atoms with E-state index in [0.29, 0.717) is 5.15 Å². The Hall–Kier alpha value is 0.200. The quantitative estimate of drug-likeness (QED) is 0.805. The molecule has 0 atom stereocenters. The van der Waals surface area contributed by atoms with E-state index in [9.17, 15) is 0 Å². The maximum Gasteiger partial charge on any atom is 0.145 e. The molecule has 0 aliphatic heterocycles. The molecule has 0 aromatic carbocycles. The number of rotatable bonds is 1. The van der Waals surface area contributed by atoms with Crippen molar-refractivity contribution < 1.29 is 0 Å². The molecule has 1 aromatic heterocycles. The topological polar surface area (TPSA) is 24.9 Å². The van der Waals surface area contributed by atoms with Crippen LogP contribution in [0, 0.1) is 0 Å². The summed E-state index contributed by atoms with van der Waals surface area (Å²) in [5, 5.41) is 3.36. The summed E-state index contributed by atoms with van der Waals surface area (Å²) in [5.41, 5.74) is 0. The van der Waals surface area contributed by atoms with Crippen molar-refractivity contribution in [3.63, 3.8) is 0 Å². The summed E-state index contributed by atoms with van der Waals surface area (Å²) in [7, 11) is 1.79. The number of halogens is 3. The van der Waals surface area contributed by atoms with Crippen molar-refractivity contribution in [2.24, 2.45) is 0 Å². The van der Waals surface area contributed by atoms with E-state index < -0.39 is 0 Å². The Morgan fingerprint density at radius 1 is 1.45 bits per heavy atom. The number of pyridine rings is 1. The highest BCUT2D eigenvalue weighted by molar-refractivity contribution is 9.11. The van der Waals surface area contributed by atoms with Crippen LogP contribution < -0.4 is 5.32 Å². The lowest BCUT2D eigenvalue weighted by atomic mass is 10.5. The summed E-state index contributed by atoms with van der Waals surface area (Å²) >= 11 is 12.3. The summed E-state index contributed by atoms with van der Waals surface area (Å²) in [4.78, 5) is 4.05. The van der Waals surface area contributed by atoms with Crippen LogP contribution in [-0.4, -0.2) is 12.0 Å². The van der Waals surface area contributed by atoms with Gasteiger partial charge in [0.25, 0.3) is 0 Å². The SMILES string of the molecule is CNc1nc(Cl)c(Br)cc1Br. The summed E-state index contributed by atoms with van der Waals surface area (Å²) in [6, 6.07) is 1.85. The monoisotopic (exact) mass is 298 g/mol. The third-order valence-electron chi connectivity index (χ3n) is 1.12. The Kier molecular flexibility index (Phi) is 3.16. The van der Waals surface area contributed by atoms with Gasteiger partial charge in [-0.3, -0.25) is 0 Å². The third-order valence-corrected chi connectivity index (χ3v) is 2.85. The Bertz CT molecular complexity index is 278. The van der Waals surface area contributed by atoms with Crippen LogP contribution in [-0.2, 0) is 0 Å². The molecule has 0 spiro atoms. The zero-order valence-electron chi connectivity index (χ0n) is 5.66. The first-order valence-electron chi connectivity index (χ1n) is 2.84. The molecule has 0 unspecified atom stereocenters. The van der Waals surface area contributed by atoms with Gasteiger partial charge in [-0.1, -0.05) is 11.6 Å². The molecule has 1 aromatic rings. The number of aromatic nitrogens is 1. The van der Waals surface area contributed by atoms with Crippen LogP contribution in [0.3, 0.4) is 0 Å². The van der Waals surface area contributed by atoms with Gasteiger partial charge in [-0.25, -0.2) is 4.98 Å². The number of anilines is 1. The predicted octanol–water partition coefficient (Wildman–Crippen LogP) is 3.30. The molecule has 2 nitrogen and oxygen atoms in total. The average molecular weight is 300 g/mol. The first-order valence-corrected chi connectivity index (χ1v) is 4.81. The highest BCUT2D eigenvalue weighted by Crippen LogP contribution is 2.28. The Labute approximate surface area is 86.6 Å². The molecule has 60 valence electrons. The lowest BCUT2D eigenvalue weighted by molar-refractivity contribution is 1.26. The highest BCUT2D eigenvalue weighted by Gasteiger charge is 2.04. The summed E-state index contributed by atoms with van der Waals surface area (Å²) in [6.45, 7) is 0. The van der Waals surface area contributed by atoms with Gasteiger partial charge in [-0.15, -0.1) is 0 Å². The van der Waals surface area contributed by atoms with Crippen LogP contribution in [0.4, 0.5) is 5.82 Å². The standard InChI is InChI=1S/C6H5Br2ClN2/c1-10-6-4(8)2-3(7)5(9)11-6/h2H,1H3,(H,10,11). The summed E-state index contributed by atoms with van der Waals surface area (Å²) in [5.74, 6) is 0.734. The Balaban J connectivity index is 3.21. The lowest BCUT2D eigenvalue weighted by Crippen LogP contribution is -1.93. The van der Waals surface area contributed by atoms with Gasteiger partial charge in [0, 0.05) is 7.05 Å². The second-order valence-corrected chi connectivity index (χ2v) is 3.91. The minimum absolute atomic E-state index is 0.456. The fraction of sp³-hybridized carbons (Fsp3) is 0.167. The van der Waals surface area contributed by atoms with Crippen molar-refractivity contribution in [3.05, 3.63) is 20.2 Å². The van der Waals surface area contributed by atoms with Crippen molar-refractivity contribution in [2.75, 3.05) is 12.4 Å². The van der Waals surface area contributed by atoms with E-state index in [1.807, 2.05) is 6.07 Å². The predicted molar refractivity (Wildman–Crippen MR) is 54.2 cm³/mol. The molecule has 0 aliphatic carbocycles. The molecule has 0 saturated heterocycles. The second kappa shape index (κ2) is 3.74. The van der Waals surface area contributed by atoms with E-state index in [1.165, 1.54) is 0 Å². The Morgan fingerprint density at radius 3 is 2.64 bits per heavy atom. The molecule has 5 heteroatoms. The van der Waals surface area contributed by atoms with Crippen molar-refractivity contribution >= 4 is 49.3 Å². The fourth-order valence-electron chi connectivity index (χ4n) is 0.619. The van der Waals surface area contributed by atoms with Crippen molar-refractivity contribution in [3.8, 4) is 0 Å². The molecule has 0 radical (unpaired) electrons. The maximum absolute atomic E-state index is 5.75. The third kappa shape index (κ3) is 2.07. The molecule has 0 saturated carbocycles. The van der Waals surface area contributed by atoms with Gasteiger partial charge in [0.2, 0.25) is 0 Å². The summed E-state index contributed by atoms with van der Waals surface area (Å²) < 4.78 is 1.67. The number of nitrogens with one attached hydrogen (secondary N) is 1. The van der Waals surface area contributed by atoms with Crippen LogP contribution in [0.2, 0.25) is 5.15 Å². The minimum Gasteiger partial charge on any atom is -0.372 e. The molecule has 0 aliphatic rings. The Morgan fingerprint density at radius 2 is 2.09 bits per heavy atom. The normalized spacial score (nSPS) is 9.82. The molecule has 11 heavy (non-hydrogen) atoms. The minimum atomic E-state index is 0.456. The van der Waals surface area contributed by atoms with Crippen LogP contribution in [0.1, 0.15) is 0 Å². The van der Waals surface area contributed by atoms with Gasteiger partial charge < -0.3 is 5.32 Å². The molecule has 0 bridgehead atoms. The van der Waals surface area contributed by atoms with Gasteiger partial charge in [0.15, 0.2) is 0 Å². The van der Waals surface area contributed by atoms with E-state index in [0.717, 1.165) is 14.8 Å². The first kappa shape index (κ1) is 9.29. The van der Waals surface area contributed by atoms with Gasteiger partial charge in [0.1, 0.15) is 11.0 Å². The van der Waals surface area contributed by atoms with E-state index in [4.69, 9.17) is 11.6 Å². The van der Waals surface area contributed by atoms with Crippen LogP contribution in [0.25, 0.3) is 0 Å². The molecule has 0 amide bonds. The van der Waals surface area contributed by atoms with Crippen LogP contribution in [0.15, 0.2) is 15.0 Å². The van der Waals surface area contributed by atoms with Gasteiger partial charge in [-0.2, -0.15) is 0 Å². The zero-order valence-corrected chi connectivity index (χ0v) is 9.59. The average Bonchev–Trinajstić information content (AvgIpc) is 1.97. The van der Waals surface area contributed by atoms with Gasteiger partial charge in [0.05, 0.1) is 8.95 Å². The zero-order chi connectivity index (χ0) is 8.43. The van der Waals surface area contributed by atoms with Crippen molar-refractivity contribution in [1.82, 2.24) is 4.98 Å².